The highest BCUT2D eigenvalue weighted by atomic mass is 16.5. The Kier molecular flexibility index (Phi) is 4.54. The second-order valence-corrected chi connectivity index (χ2v) is 6.38. The molecule has 1 N–H and O–H groups in total. The summed E-state index contributed by atoms with van der Waals surface area (Å²) < 4.78 is 6.03. The Morgan fingerprint density at radius 2 is 2.05 bits per heavy atom. The van der Waals surface area contributed by atoms with E-state index in [1.54, 1.807) is 12.4 Å². The Labute approximate surface area is 126 Å². The van der Waals surface area contributed by atoms with Gasteiger partial charge in [0.05, 0.1) is 18.2 Å². The fraction of sp³-hybridized carbons (Fsp3) is 0.647. The molecular formula is C17H24N2O2. The topological polar surface area (TPSA) is 51.2 Å². The van der Waals surface area contributed by atoms with Gasteiger partial charge in [-0.15, -0.1) is 0 Å². The van der Waals surface area contributed by atoms with Gasteiger partial charge in [0.15, 0.2) is 0 Å². The summed E-state index contributed by atoms with van der Waals surface area (Å²) in [5.41, 5.74) is 1.23. The van der Waals surface area contributed by atoms with Crippen LogP contribution < -0.4 is 5.32 Å². The average molecular weight is 288 g/mol. The van der Waals surface area contributed by atoms with E-state index in [1.807, 2.05) is 12.1 Å². The third-order valence-corrected chi connectivity index (χ3v) is 4.73. The first kappa shape index (κ1) is 14.5. The summed E-state index contributed by atoms with van der Waals surface area (Å²) in [5, 5.41) is 3.14. The van der Waals surface area contributed by atoms with Crippen LogP contribution in [0.15, 0.2) is 24.5 Å². The lowest BCUT2D eigenvalue weighted by atomic mass is 9.82. The monoisotopic (exact) mass is 288 g/mol. The van der Waals surface area contributed by atoms with Gasteiger partial charge in [0.25, 0.3) is 0 Å². The molecule has 1 aliphatic heterocycles. The molecule has 0 aromatic carbocycles. The Balaban J connectivity index is 1.43. The lowest BCUT2D eigenvalue weighted by Crippen LogP contribution is -2.37. The Morgan fingerprint density at radius 1 is 1.29 bits per heavy atom. The molecule has 1 saturated carbocycles. The second-order valence-electron chi connectivity index (χ2n) is 6.38. The van der Waals surface area contributed by atoms with Crippen LogP contribution in [0.4, 0.5) is 0 Å². The number of hydrogen-bond donors (Lipinski definition) is 1. The number of pyridine rings is 1. The minimum Gasteiger partial charge on any atom is -0.373 e. The maximum absolute atomic E-state index is 12.1. The van der Waals surface area contributed by atoms with Crippen molar-refractivity contribution in [3.63, 3.8) is 0 Å². The summed E-state index contributed by atoms with van der Waals surface area (Å²) in [5.74, 6) is 0.133. The molecule has 1 aromatic heterocycles. The normalized spacial score (nSPS) is 24.1. The van der Waals surface area contributed by atoms with Crippen molar-refractivity contribution in [2.45, 2.75) is 63.0 Å². The van der Waals surface area contributed by atoms with E-state index in [1.165, 1.54) is 19.3 Å². The van der Waals surface area contributed by atoms with Gasteiger partial charge < -0.3 is 10.1 Å². The van der Waals surface area contributed by atoms with Crippen molar-refractivity contribution < 1.29 is 9.53 Å². The highest BCUT2D eigenvalue weighted by Gasteiger charge is 2.41. The number of nitrogens with zero attached hydrogens (tertiary/aromatic N) is 1. The minimum atomic E-state index is 0.0707. The average Bonchev–Trinajstić information content (AvgIpc) is 2.89. The molecule has 2 heterocycles. The number of amides is 1. The molecule has 1 aromatic rings. The Bertz CT molecular complexity index is 469. The number of aromatic nitrogens is 1. The van der Waals surface area contributed by atoms with Crippen LogP contribution in [0, 0.1) is 0 Å². The summed E-state index contributed by atoms with van der Waals surface area (Å²) in [6.07, 6.45) is 12.0. The van der Waals surface area contributed by atoms with Gasteiger partial charge in [-0.05, 0) is 43.4 Å². The number of aryl methyl sites for hydroxylation is 1. The molecule has 0 bridgehead atoms. The summed E-state index contributed by atoms with van der Waals surface area (Å²) in [4.78, 5) is 16.0. The number of ether oxygens (including phenoxy) is 1. The predicted octanol–water partition coefficient (Wildman–Crippen LogP) is 2.62. The summed E-state index contributed by atoms with van der Waals surface area (Å²) in [6, 6.07) is 4.12. The standard InChI is InChI=1S/C17H24N2O2/c20-16(5-4-14-6-10-18-11-7-14)19-15-12-17(21-13-15)8-2-1-3-9-17/h6-7,10-11,15H,1-5,8-9,12-13H2,(H,19,20)/t15-/m0/s1. The first-order valence-corrected chi connectivity index (χ1v) is 8.08. The number of carbonyl (C=O) groups excluding carboxylic acids is 1. The van der Waals surface area contributed by atoms with E-state index in [4.69, 9.17) is 4.74 Å². The van der Waals surface area contributed by atoms with Crippen molar-refractivity contribution in [1.82, 2.24) is 10.3 Å². The smallest absolute Gasteiger partial charge is 0.220 e. The van der Waals surface area contributed by atoms with E-state index in [2.05, 4.69) is 10.3 Å². The van der Waals surface area contributed by atoms with Crippen LogP contribution in [0.3, 0.4) is 0 Å². The maximum atomic E-state index is 12.1. The van der Waals surface area contributed by atoms with E-state index in [-0.39, 0.29) is 17.6 Å². The quantitative estimate of drug-likeness (QED) is 0.926. The first-order valence-electron chi connectivity index (χ1n) is 8.08. The lowest BCUT2D eigenvalue weighted by molar-refractivity contribution is -0.121. The molecule has 1 saturated heterocycles. The van der Waals surface area contributed by atoms with E-state index >= 15 is 0 Å². The molecule has 114 valence electrons. The molecule has 1 amide bonds. The van der Waals surface area contributed by atoms with E-state index in [0.29, 0.717) is 13.0 Å². The van der Waals surface area contributed by atoms with Crippen LogP contribution in [-0.4, -0.2) is 29.1 Å². The van der Waals surface area contributed by atoms with Gasteiger partial charge >= 0.3 is 0 Å². The zero-order chi connectivity index (χ0) is 14.5. The van der Waals surface area contributed by atoms with Crippen molar-refractivity contribution in [2.24, 2.45) is 0 Å². The molecule has 0 radical (unpaired) electrons. The van der Waals surface area contributed by atoms with Crippen molar-refractivity contribution in [3.8, 4) is 0 Å². The molecule has 2 aliphatic rings. The van der Waals surface area contributed by atoms with Crippen LogP contribution in [0.5, 0.6) is 0 Å². The summed E-state index contributed by atoms with van der Waals surface area (Å²) >= 11 is 0. The maximum Gasteiger partial charge on any atom is 0.220 e. The van der Waals surface area contributed by atoms with Crippen LogP contribution in [0.2, 0.25) is 0 Å². The van der Waals surface area contributed by atoms with Crippen LogP contribution >= 0.6 is 0 Å². The molecule has 1 atom stereocenters. The van der Waals surface area contributed by atoms with Crippen LogP contribution in [-0.2, 0) is 16.0 Å². The van der Waals surface area contributed by atoms with Crippen LogP contribution in [0.1, 0.15) is 50.5 Å². The molecule has 4 heteroatoms. The SMILES string of the molecule is O=C(CCc1ccncc1)N[C@@H]1COC2(CCCCC2)C1. The fourth-order valence-electron chi connectivity index (χ4n) is 3.59. The molecule has 0 unspecified atom stereocenters. The van der Waals surface area contributed by atoms with Crippen molar-refractivity contribution >= 4 is 5.91 Å². The van der Waals surface area contributed by atoms with Crippen molar-refractivity contribution in [3.05, 3.63) is 30.1 Å². The van der Waals surface area contributed by atoms with Gasteiger partial charge in [-0.2, -0.15) is 0 Å². The van der Waals surface area contributed by atoms with E-state index in [9.17, 15) is 4.79 Å². The first-order chi connectivity index (χ1) is 10.3. The van der Waals surface area contributed by atoms with Crippen molar-refractivity contribution in [1.29, 1.82) is 0 Å². The molecule has 4 nitrogen and oxygen atoms in total. The van der Waals surface area contributed by atoms with E-state index < -0.39 is 0 Å². The van der Waals surface area contributed by atoms with Gasteiger partial charge in [0.2, 0.25) is 5.91 Å². The third-order valence-electron chi connectivity index (χ3n) is 4.73. The molecular weight excluding hydrogens is 264 g/mol. The van der Waals surface area contributed by atoms with Crippen molar-refractivity contribution in [2.75, 3.05) is 6.61 Å². The van der Waals surface area contributed by atoms with Gasteiger partial charge in [-0.1, -0.05) is 19.3 Å². The van der Waals surface area contributed by atoms with E-state index in [0.717, 1.165) is 31.2 Å². The second kappa shape index (κ2) is 6.56. The lowest BCUT2D eigenvalue weighted by Gasteiger charge is -2.32. The Hall–Kier alpha value is -1.42. The highest BCUT2D eigenvalue weighted by molar-refractivity contribution is 5.76. The highest BCUT2D eigenvalue weighted by Crippen LogP contribution is 2.39. The number of hydrogen-bond acceptors (Lipinski definition) is 3. The van der Waals surface area contributed by atoms with Gasteiger partial charge in [-0.3, -0.25) is 9.78 Å². The molecule has 2 fully saturated rings. The van der Waals surface area contributed by atoms with Gasteiger partial charge in [0, 0.05) is 18.8 Å². The summed E-state index contributed by atoms with van der Waals surface area (Å²) in [7, 11) is 0. The Morgan fingerprint density at radius 3 is 2.81 bits per heavy atom. The number of rotatable bonds is 4. The molecule has 1 spiro atoms. The molecule has 3 rings (SSSR count). The predicted molar refractivity (Wildman–Crippen MR) is 80.9 cm³/mol. The fourth-order valence-corrected chi connectivity index (χ4v) is 3.59. The largest absolute Gasteiger partial charge is 0.373 e. The summed E-state index contributed by atoms with van der Waals surface area (Å²) in [6.45, 7) is 0.682. The van der Waals surface area contributed by atoms with Crippen LogP contribution in [0.25, 0.3) is 0 Å². The number of carbonyl (C=O) groups is 1. The zero-order valence-electron chi connectivity index (χ0n) is 12.5. The van der Waals surface area contributed by atoms with Gasteiger partial charge in [-0.25, -0.2) is 0 Å². The minimum absolute atomic E-state index is 0.0707. The van der Waals surface area contributed by atoms with Gasteiger partial charge in [0.1, 0.15) is 0 Å². The molecule has 21 heavy (non-hydrogen) atoms. The number of nitrogens with one attached hydrogen (secondary N) is 1. The molecule has 1 aliphatic carbocycles. The zero-order valence-corrected chi connectivity index (χ0v) is 12.5. The third kappa shape index (κ3) is 3.82.